The van der Waals surface area contributed by atoms with Gasteiger partial charge in [-0.2, -0.15) is 0 Å². The molecule has 0 unspecified atom stereocenters. The highest BCUT2D eigenvalue weighted by atomic mass is 16.2. The van der Waals surface area contributed by atoms with Gasteiger partial charge in [-0.1, -0.05) is 6.07 Å². The average Bonchev–Trinajstić information content (AvgIpc) is 2.94. The van der Waals surface area contributed by atoms with E-state index in [4.69, 9.17) is 0 Å². The molecule has 0 N–H and O–H groups in total. The van der Waals surface area contributed by atoms with Crippen molar-refractivity contribution in [1.29, 1.82) is 0 Å². The van der Waals surface area contributed by atoms with Crippen molar-refractivity contribution in [3.8, 4) is 0 Å². The highest BCUT2D eigenvalue weighted by molar-refractivity contribution is 5.99. The maximum absolute atomic E-state index is 13.0. The standard InChI is InChI=1S/C18H24N2O2/c1-11-8-13(3)16(9-12(11)2)18(22)20-10-15-6-5-7-19(15)17(21)14(20)4/h8-9,14-15H,5-7,10H2,1-4H3/t14-,15+/m1/s1. The molecule has 1 aromatic rings. The molecule has 4 heteroatoms. The fourth-order valence-electron chi connectivity index (χ4n) is 3.68. The van der Waals surface area contributed by atoms with Gasteiger partial charge in [-0.15, -0.1) is 0 Å². The lowest BCUT2D eigenvalue weighted by molar-refractivity contribution is -0.141. The largest absolute Gasteiger partial charge is 0.336 e. The van der Waals surface area contributed by atoms with Crippen LogP contribution < -0.4 is 0 Å². The molecule has 0 saturated carbocycles. The van der Waals surface area contributed by atoms with Crippen molar-refractivity contribution in [3.05, 3.63) is 34.4 Å². The lowest BCUT2D eigenvalue weighted by Crippen LogP contribution is -2.60. The molecule has 1 aromatic carbocycles. The maximum atomic E-state index is 13.0. The molecule has 0 aromatic heterocycles. The number of hydrogen-bond acceptors (Lipinski definition) is 2. The van der Waals surface area contributed by atoms with Crippen LogP contribution in [0.3, 0.4) is 0 Å². The third kappa shape index (κ3) is 2.31. The van der Waals surface area contributed by atoms with Crippen molar-refractivity contribution >= 4 is 11.8 Å². The van der Waals surface area contributed by atoms with Crippen LogP contribution in [0.15, 0.2) is 12.1 Å². The Morgan fingerprint density at radius 1 is 1.14 bits per heavy atom. The van der Waals surface area contributed by atoms with Gasteiger partial charge in [0.25, 0.3) is 5.91 Å². The zero-order chi connectivity index (χ0) is 16.0. The molecule has 0 spiro atoms. The van der Waals surface area contributed by atoms with Gasteiger partial charge < -0.3 is 9.80 Å². The number of hydrogen-bond donors (Lipinski definition) is 0. The third-order valence-corrected chi connectivity index (χ3v) is 5.22. The molecule has 0 radical (unpaired) electrons. The summed E-state index contributed by atoms with van der Waals surface area (Å²) < 4.78 is 0. The molecule has 3 rings (SSSR count). The molecule has 2 atom stereocenters. The Kier molecular flexibility index (Phi) is 3.71. The summed E-state index contributed by atoms with van der Waals surface area (Å²) in [5.41, 5.74) is 4.03. The minimum Gasteiger partial charge on any atom is -0.336 e. The monoisotopic (exact) mass is 300 g/mol. The minimum absolute atomic E-state index is 0.00648. The summed E-state index contributed by atoms with van der Waals surface area (Å²) in [6.07, 6.45) is 2.06. The van der Waals surface area contributed by atoms with Gasteiger partial charge in [-0.05, 0) is 63.3 Å². The van der Waals surface area contributed by atoms with Gasteiger partial charge in [0.1, 0.15) is 6.04 Å². The summed E-state index contributed by atoms with van der Waals surface area (Å²) in [6.45, 7) is 9.41. The van der Waals surface area contributed by atoms with E-state index in [1.165, 1.54) is 5.56 Å². The van der Waals surface area contributed by atoms with E-state index < -0.39 is 0 Å². The molecule has 22 heavy (non-hydrogen) atoms. The van der Waals surface area contributed by atoms with E-state index in [9.17, 15) is 9.59 Å². The summed E-state index contributed by atoms with van der Waals surface area (Å²) in [7, 11) is 0. The normalized spacial score (nSPS) is 24.6. The van der Waals surface area contributed by atoms with Crippen molar-refractivity contribution in [2.45, 2.75) is 52.6 Å². The number of carbonyl (C=O) groups excluding carboxylic acids is 2. The second kappa shape index (κ2) is 5.41. The molecule has 2 aliphatic heterocycles. The van der Waals surface area contributed by atoms with Crippen LogP contribution in [-0.2, 0) is 4.79 Å². The highest BCUT2D eigenvalue weighted by Gasteiger charge is 2.42. The van der Waals surface area contributed by atoms with Crippen LogP contribution in [0, 0.1) is 20.8 Å². The Morgan fingerprint density at radius 3 is 2.55 bits per heavy atom. The van der Waals surface area contributed by atoms with Gasteiger partial charge in [0.2, 0.25) is 5.91 Å². The summed E-state index contributed by atoms with van der Waals surface area (Å²) in [4.78, 5) is 29.2. The van der Waals surface area contributed by atoms with Gasteiger partial charge in [-0.25, -0.2) is 0 Å². The number of aryl methyl sites for hydroxylation is 3. The van der Waals surface area contributed by atoms with Crippen LogP contribution in [0.1, 0.15) is 46.8 Å². The molecule has 2 saturated heterocycles. The topological polar surface area (TPSA) is 40.6 Å². The van der Waals surface area contributed by atoms with Crippen LogP contribution in [0.25, 0.3) is 0 Å². The number of benzene rings is 1. The van der Waals surface area contributed by atoms with Crippen LogP contribution in [0.5, 0.6) is 0 Å². The zero-order valence-corrected chi connectivity index (χ0v) is 13.8. The first-order valence-electron chi connectivity index (χ1n) is 8.09. The van der Waals surface area contributed by atoms with E-state index >= 15 is 0 Å². The Bertz CT molecular complexity index is 638. The summed E-state index contributed by atoms with van der Waals surface area (Å²) in [6, 6.07) is 3.87. The van der Waals surface area contributed by atoms with E-state index in [0.717, 1.165) is 36.1 Å². The number of fused-ring (bicyclic) bond motifs is 1. The Hall–Kier alpha value is -1.84. The molecule has 2 fully saturated rings. The van der Waals surface area contributed by atoms with Gasteiger partial charge in [0.15, 0.2) is 0 Å². The molecule has 4 nitrogen and oxygen atoms in total. The molecule has 2 heterocycles. The maximum Gasteiger partial charge on any atom is 0.254 e. The molecule has 118 valence electrons. The minimum atomic E-state index is -0.358. The van der Waals surface area contributed by atoms with Gasteiger partial charge in [-0.3, -0.25) is 9.59 Å². The number of carbonyl (C=O) groups is 2. The Morgan fingerprint density at radius 2 is 1.82 bits per heavy atom. The summed E-state index contributed by atoms with van der Waals surface area (Å²) in [5, 5.41) is 0. The van der Waals surface area contributed by atoms with E-state index in [2.05, 4.69) is 13.0 Å². The van der Waals surface area contributed by atoms with Crippen LogP contribution in [0.4, 0.5) is 0 Å². The Labute approximate surface area is 132 Å². The number of rotatable bonds is 1. The second-order valence-electron chi connectivity index (χ2n) is 6.71. The lowest BCUT2D eigenvalue weighted by atomic mass is 9.98. The van der Waals surface area contributed by atoms with Crippen LogP contribution in [0.2, 0.25) is 0 Å². The number of amides is 2. The number of nitrogens with zero attached hydrogens (tertiary/aromatic N) is 2. The Balaban J connectivity index is 1.91. The molecular weight excluding hydrogens is 276 g/mol. The lowest BCUT2D eigenvalue weighted by Gasteiger charge is -2.41. The predicted molar refractivity (Wildman–Crippen MR) is 85.9 cm³/mol. The van der Waals surface area contributed by atoms with Crippen molar-refractivity contribution < 1.29 is 9.59 Å². The van der Waals surface area contributed by atoms with Crippen LogP contribution >= 0.6 is 0 Å². The summed E-state index contributed by atoms with van der Waals surface area (Å²) in [5.74, 6) is 0.0941. The molecule has 0 aliphatic carbocycles. The van der Waals surface area contributed by atoms with Gasteiger partial charge in [0.05, 0.1) is 0 Å². The van der Waals surface area contributed by atoms with Crippen molar-refractivity contribution in [1.82, 2.24) is 9.80 Å². The van der Waals surface area contributed by atoms with E-state index in [1.807, 2.05) is 31.7 Å². The fourth-order valence-corrected chi connectivity index (χ4v) is 3.68. The first-order chi connectivity index (χ1) is 10.4. The van der Waals surface area contributed by atoms with Crippen molar-refractivity contribution in [2.75, 3.05) is 13.1 Å². The average molecular weight is 300 g/mol. The van der Waals surface area contributed by atoms with Crippen molar-refractivity contribution in [3.63, 3.8) is 0 Å². The molecule has 2 amide bonds. The zero-order valence-electron chi connectivity index (χ0n) is 13.8. The first kappa shape index (κ1) is 15.1. The SMILES string of the molecule is Cc1cc(C)c(C(=O)N2C[C@@H]3CCCN3C(=O)[C@H]2C)cc1C. The molecule has 2 aliphatic rings. The van der Waals surface area contributed by atoms with E-state index in [0.29, 0.717) is 6.54 Å². The fraction of sp³-hybridized carbons (Fsp3) is 0.556. The van der Waals surface area contributed by atoms with E-state index in [1.54, 1.807) is 4.90 Å². The second-order valence-corrected chi connectivity index (χ2v) is 6.71. The van der Waals surface area contributed by atoms with Gasteiger partial charge >= 0.3 is 0 Å². The summed E-state index contributed by atoms with van der Waals surface area (Å²) >= 11 is 0. The molecular formula is C18H24N2O2. The quantitative estimate of drug-likeness (QED) is 0.799. The third-order valence-electron chi connectivity index (χ3n) is 5.22. The number of piperazine rings is 1. The smallest absolute Gasteiger partial charge is 0.254 e. The van der Waals surface area contributed by atoms with Crippen LogP contribution in [-0.4, -0.2) is 46.8 Å². The van der Waals surface area contributed by atoms with E-state index in [-0.39, 0.29) is 23.9 Å². The molecule has 0 bridgehead atoms. The highest BCUT2D eigenvalue weighted by Crippen LogP contribution is 2.27. The van der Waals surface area contributed by atoms with Crippen molar-refractivity contribution in [2.24, 2.45) is 0 Å². The predicted octanol–water partition coefficient (Wildman–Crippen LogP) is 2.45. The first-order valence-corrected chi connectivity index (χ1v) is 8.09. The van der Waals surface area contributed by atoms with Gasteiger partial charge in [0, 0.05) is 24.7 Å².